The second kappa shape index (κ2) is 38.9. The molecule has 1 rings (SSSR count). The maximum atomic E-state index is 14.1. The molecule has 0 fully saturated rings. The molecule has 370 valence electrons. The number of unbranched alkanes of at least 4 members (excludes halogenated alkanes) is 18. The zero-order chi connectivity index (χ0) is 47.2. The van der Waals surface area contributed by atoms with Gasteiger partial charge in [-0.15, -0.1) is 0 Å². The monoisotopic (exact) mass is 907 g/mol. The van der Waals surface area contributed by atoms with E-state index in [0.717, 1.165) is 103 Å². The van der Waals surface area contributed by atoms with Crippen LogP contribution in [0.1, 0.15) is 206 Å². The summed E-state index contributed by atoms with van der Waals surface area (Å²) in [4.78, 5) is 81.9. The number of ketones is 2. The summed E-state index contributed by atoms with van der Waals surface area (Å²) in [5, 5.41) is 0. The first-order valence-electron chi connectivity index (χ1n) is 25.3. The van der Waals surface area contributed by atoms with E-state index in [1.165, 1.54) is 25.7 Å². The Bertz CT molecular complexity index is 1330. The molecular formula is C51H90N2O11. The van der Waals surface area contributed by atoms with Crippen molar-refractivity contribution >= 4 is 35.4 Å². The van der Waals surface area contributed by atoms with E-state index < -0.39 is 24.1 Å². The topological polar surface area (TPSA) is 155 Å². The lowest BCUT2D eigenvalue weighted by Gasteiger charge is -2.20. The minimum absolute atomic E-state index is 0.0862. The lowest BCUT2D eigenvalue weighted by atomic mass is 9.87. The number of Topliss-reactive ketones (excluding diaryl/α,β-unsaturated/α-hetero) is 2. The van der Waals surface area contributed by atoms with E-state index in [-0.39, 0.29) is 67.1 Å². The first kappa shape index (κ1) is 58.7. The van der Waals surface area contributed by atoms with E-state index in [0.29, 0.717) is 64.8 Å². The molecule has 0 aromatic heterocycles. The second-order valence-electron chi connectivity index (χ2n) is 18.2. The van der Waals surface area contributed by atoms with Gasteiger partial charge in [-0.3, -0.25) is 28.8 Å². The fourth-order valence-electron chi connectivity index (χ4n) is 7.67. The number of esters is 4. The highest BCUT2D eigenvalue weighted by Crippen LogP contribution is 2.36. The summed E-state index contributed by atoms with van der Waals surface area (Å²) < 4.78 is 28.3. The maximum Gasteiger partial charge on any atom is 0.308 e. The molecule has 2 atom stereocenters. The Balaban J connectivity index is 2.84. The van der Waals surface area contributed by atoms with E-state index in [4.69, 9.17) is 23.7 Å². The molecule has 1 aliphatic heterocycles. The molecule has 1 aliphatic rings. The van der Waals surface area contributed by atoms with Gasteiger partial charge in [0.2, 0.25) is 0 Å². The minimum Gasteiger partial charge on any atom is -0.466 e. The Morgan fingerprint density at radius 2 is 0.844 bits per heavy atom. The molecule has 0 aliphatic carbocycles. The average molecular weight is 907 g/mol. The average Bonchev–Trinajstić information content (AvgIpc) is 3.61. The zero-order valence-corrected chi connectivity index (χ0v) is 41.3. The van der Waals surface area contributed by atoms with Gasteiger partial charge in [-0.25, -0.2) is 0 Å². The van der Waals surface area contributed by atoms with Crippen molar-refractivity contribution in [3.05, 3.63) is 11.3 Å². The van der Waals surface area contributed by atoms with Gasteiger partial charge in [0.25, 0.3) is 6.29 Å². The van der Waals surface area contributed by atoms with E-state index in [2.05, 4.69) is 13.8 Å². The van der Waals surface area contributed by atoms with Crippen LogP contribution in [-0.2, 0) is 52.5 Å². The molecule has 0 radical (unpaired) electrons. The smallest absolute Gasteiger partial charge is 0.308 e. The summed E-state index contributed by atoms with van der Waals surface area (Å²) in [5.41, 5.74) is 0.153. The zero-order valence-electron chi connectivity index (χ0n) is 41.3. The van der Waals surface area contributed by atoms with E-state index in [1.54, 1.807) is 0 Å². The van der Waals surface area contributed by atoms with Gasteiger partial charge in [0.05, 0.1) is 18.8 Å². The SMILES string of the molecule is CCCCCCCC(=O)OCCCCCCCCC(=O)C1=C(COC(=O)CCCN(C)C)O[C@@H](OC(=O)CCCN(C)C)C1C(=O)CCCCCCCCOC(=O)CCCCCCC. The van der Waals surface area contributed by atoms with Crippen LogP contribution in [-0.4, -0.2) is 113 Å². The predicted molar refractivity (Wildman–Crippen MR) is 251 cm³/mol. The highest BCUT2D eigenvalue weighted by molar-refractivity contribution is 6.03. The fourth-order valence-corrected chi connectivity index (χ4v) is 7.67. The molecule has 13 heteroatoms. The molecule has 1 unspecified atom stereocenters. The predicted octanol–water partition coefficient (Wildman–Crippen LogP) is 10.4. The van der Waals surface area contributed by atoms with E-state index in [9.17, 15) is 28.8 Å². The van der Waals surface area contributed by atoms with Crippen molar-refractivity contribution in [2.45, 2.75) is 213 Å². The third-order valence-electron chi connectivity index (χ3n) is 11.5. The molecule has 0 aromatic rings. The van der Waals surface area contributed by atoms with Gasteiger partial charge in [0.1, 0.15) is 24.1 Å². The van der Waals surface area contributed by atoms with Crippen LogP contribution in [0.2, 0.25) is 0 Å². The largest absolute Gasteiger partial charge is 0.466 e. The van der Waals surface area contributed by atoms with Crippen LogP contribution in [0.3, 0.4) is 0 Å². The third kappa shape index (κ3) is 30.7. The van der Waals surface area contributed by atoms with Crippen molar-refractivity contribution in [2.24, 2.45) is 5.92 Å². The number of carbonyl (C=O) groups is 6. The normalized spacial score (nSPS) is 14.8. The molecule has 0 spiro atoms. The van der Waals surface area contributed by atoms with Crippen molar-refractivity contribution in [3.8, 4) is 0 Å². The summed E-state index contributed by atoms with van der Waals surface area (Å²) in [6.45, 7) is 6.26. The summed E-state index contributed by atoms with van der Waals surface area (Å²) in [7, 11) is 7.69. The lowest BCUT2D eigenvalue weighted by molar-refractivity contribution is -0.177. The number of nitrogens with zero attached hydrogens (tertiary/aromatic N) is 2. The fraction of sp³-hybridized carbons (Fsp3) is 0.843. The second-order valence-corrected chi connectivity index (χ2v) is 18.2. The Labute approximate surface area is 387 Å². The molecule has 64 heavy (non-hydrogen) atoms. The molecule has 0 amide bonds. The summed E-state index contributed by atoms with van der Waals surface area (Å²) in [6.07, 6.45) is 22.4. The number of hydrogen-bond acceptors (Lipinski definition) is 13. The Morgan fingerprint density at radius 3 is 1.33 bits per heavy atom. The molecule has 1 heterocycles. The van der Waals surface area contributed by atoms with Crippen molar-refractivity contribution in [1.82, 2.24) is 9.80 Å². The summed E-state index contributed by atoms with van der Waals surface area (Å²) in [6, 6.07) is 0. The van der Waals surface area contributed by atoms with Gasteiger partial charge in [-0.2, -0.15) is 0 Å². The first-order valence-corrected chi connectivity index (χ1v) is 25.3. The lowest BCUT2D eigenvalue weighted by Crippen LogP contribution is -2.33. The summed E-state index contributed by atoms with van der Waals surface area (Å²) >= 11 is 0. The number of carbonyl (C=O) groups excluding carboxylic acids is 6. The Hall–Kier alpha value is -3.32. The van der Waals surface area contributed by atoms with Crippen LogP contribution in [0.4, 0.5) is 0 Å². The highest BCUT2D eigenvalue weighted by atomic mass is 16.7. The summed E-state index contributed by atoms with van der Waals surface area (Å²) in [5.74, 6) is -2.72. The van der Waals surface area contributed by atoms with Crippen LogP contribution >= 0.6 is 0 Å². The Kier molecular flexibility index (Phi) is 35.7. The molecule has 13 nitrogen and oxygen atoms in total. The van der Waals surface area contributed by atoms with Crippen molar-refractivity contribution in [1.29, 1.82) is 0 Å². The third-order valence-corrected chi connectivity index (χ3v) is 11.5. The number of rotatable bonds is 43. The van der Waals surface area contributed by atoms with Crippen LogP contribution in [0.25, 0.3) is 0 Å². The van der Waals surface area contributed by atoms with E-state index in [1.807, 2.05) is 38.0 Å². The minimum atomic E-state index is -1.31. The molecule has 0 N–H and O–H groups in total. The molecular weight excluding hydrogens is 817 g/mol. The van der Waals surface area contributed by atoms with Gasteiger partial charge in [0, 0.05) is 38.5 Å². The van der Waals surface area contributed by atoms with Gasteiger partial charge >= 0.3 is 23.9 Å². The van der Waals surface area contributed by atoms with Crippen LogP contribution in [0.5, 0.6) is 0 Å². The molecule has 0 bridgehead atoms. The van der Waals surface area contributed by atoms with Gasteiger partial charge in [-0.05, 0) is 92.6 Å². The van der Waals surface area contributed by atoms with Crippen LogP contribution in [0.15, 0.2) is 11.3 Å². The Morgan fingerprint density at radius 1 is 0.453 bits per heavy atom. The van der Waals surface area contributed by atoms with Crippen molar-refractivity contribution < 1.29 is 52.5 Å². The maximum absolute atomic E-state index is 14.1. The quantitative estimate of drug-likeness (QED) is 0.0324. The van der Waals surface area contributed by atoms with Gasteiger partial charge < -0.3 is 33.5 Å². The highest BCUT2D eigenvalue weighted by Gasteiger charge is 2.46. The standard InChI is InChI=1S/C51H90N2O11/c1-7-9-11-17-25-33-45(56)60-39-27-21-15-13-19-23-31-42(54)49-44(41-62-47(58)35-29-37-52(3)4)63-51(64-48(59)36-30-38-53(5)6)50(49)43(55)32-24-20-14-16-22-28-40-61-46(57)34-26-18-12-10-8-2/h50-51H,7-41H2,1-6H3/t50?,51-/m0/s1. The number of hydrogen-bond donors (Lipinski definition) is 0. The molecule has 0 saturated heterocycles. The molecule has 0 aromatic carbocycles. The van der Waals surface area contributed by atoms with Gasteiger partial charge in [-0.1, -0.05) is 117 Å². The number of ether oxygens (including phenoxy) is 5. The molecule has 0 saturated carbocycles. The van der Waals surface area contributed by atoms with Gasteiger partial charge in [0.15, 0.2) is 5.78 Å². The first-order chi connectivity index (χ1) is 30.9. The van der Waals surface area contributed by atoms with Crippen molar-refractivity contribution in [3.63, 3.8) is 0 Å². The van der Waals surface area contributed by atoms with Crippen LogP contribution in [0, 0.1) is 5.92 Å². The van der Waals surface area contributed by atoms with Crippen molar-refractivity contribution in [2.75, 3.05) is 61.1 Å². The van der Waals surface area contributed by atoms with Crippen LogP contribution < -0.4 is 0 Å². The van der Waals surface area contributed by atoms with E-state index >= 15 is 0 Å².